The third kappa shape index (κ3) is 4.79. The van der Waals surface area contributed by atoms with Gasteiger partial charge in [-0.2, -0.15) is 13.2 Å². The first kappa shape index (κ1) is 25.2. The van der Waals surface area contributed by atoms with Gasteiger partial charge >= 0.3 is 6.18 Å². The summed E-state index contributed by atoms with van der Waals surface area (Å²) in [5, 5.41) is 2.86. The van der Waals surface area contributed by atoms with Gasteiger partial charge in [-0.3, -0.25) is 19.2 Å². The summed E-state index contributed by atoms with van der Waals surface area (Å²) in [4.78, 5) is 50.9. The fourth-order valence-electron chi connectivity index (χ4n) is 5.42. The Morgan fingerprint density at radius 2 is 1.78 bits per heavy atom. The Morgan fingerprint density at radius 3 is 2.43 bits per heavy atom. The maximum Gasteiger partial charge on any atom is 0.398 e. The molecule has 0 saturated heterocycles. The second-order valence-corrected chi connectivity index (χ2v) is 10.2. The molecule has 37 heavy (non-hydrogen) atoms. The quantitative estimate of drug-likeness (QED) is 0.565. The molecule has 2 fully saturated rings. The number of hydrogen-bond donors (Lipinski definition) is 1. The van der Waals surface area contributed by atoms with E-state index in [1.54, 1.807) is 24.3 Å². The predicted octanol–water partition coefficient (Wildman–Crippen LogP) is 4.18. The zero-order valence-corrected chi connectivity index (χ0v) is 20.2. The number of carbonyl (C=O) groups excluding carboxylic acids is 4. The lowest BCUT2D eigenvalue weighted by Gasteiger charge is -2.29. The van der Waals surface area contributed by atoms with Gasteiger partial charge < -0.3 is 10.2 Å². The van der Waals surface area contributed by atoms with Crippen LogP contribution in [0.3, 0.4) is 0 Å². The van der Waals surface area contributed by atoms with Crippen molar-refractivity contribution in [3.63, 3.8) is 0 Å². The first-order valence-corrected chi connectivity index (χ1v) is 12.5. The van der Waals surface area contributed by atoms with Crippen molar-refractivity contribution >= 4 is 23.4 Å². The summed E-state index contributed by atoms with van der Waals surface area (Å²) in [7, 11) is 0. The highest BCUT2D eigenvalue weighted by Gasteiger charge is 2.64. The summed E-state index contributed by atoms with van der Waals surface area (Å²) in [5.41, 5.74) is 1.41. The van der Waals surface area contributed by atoms with Crippen molar-refractivity contribution < 1.29 is 32.3 Å². The molecule has 2 amide bonds. The maximum atomic E-state index is 13.3. The highest BCUT2D eigenvalue weighted by atomic mass is 19.4. The number of carbonyl (C=O) groups is 4. The average Bonchev–Trinajstić information content (AvgIpc) is 3.62. The largest absolute Gasteiger partial charge is 0.398 e. The monoisotopic (exact) mass is 512 g/mol. The minimum absolute atomic E-state index is 0.0992. The van der Waals surface area contributed by atoms with E-state index in [1.165, 1.54) is 17.0 Å². The van der Waals surface area contributed by atoms with E-state index in [0.717, 1.165) is 16.7 Å². The minimum atomic E-state index is -4.25. The number of hydrogen-bond acceptors (Lipinski definition) is 4. The van der Waals surface area contributed by atoms with Crippen LogP contribution in [0.25, 0.3) is 0 Å². The van der Waals surface area contributed by atoms with Crippen LogP contribution in [0, 0.1) is 0 Å². The number of benzene rings is 2. The number of amides is 2. The molecule has 2 aromatic carbocycles. The fourth-order valence-corrected chi connectivity index (χ4v) is 5.42. The fraction of sp³-hybridized carbons (Fsp3) is 0.429. The van der Waals surface area contributed by atoms with Crippen LogP contribution in [0.15, 0.2) is 42.5 Å². The zero-order chi connectivity index (χ0) is 26.4. The standard InChI is InChI=1S/C28H27F3N2O4/c29-28(30,31)27(12-13-27)19-7-4-17(5-8-19)6-11-25(36)32-15-18-2-1-3-21-22(18)16-33(26(21)37)23-10-9-20(34)14-24(23)35/h1-5,7-8,23H,6,9-16H2,(H,32,36)/t23-/m0/s1. The Morgan fingerprint density at radius 1 is 1.05 bits per heavy atom. The highest BCUT2D eigenvalue weighted by Crippen LogP contribution is 2.58. The summed E-state index contributed by atoms with van der Waals surface area (Å²) >= 11 is 0. The zero-order valence-electron chi connectivity index (χ0n) is 20.2. The van der Waals surface area contributed by atoms with Crippen molar-refractivity contribution in [2.45, 2.75) is 75.7 Å². The van der Waals surface area contributed by atoms with E-state index in [4.69, 9.17) is 0 Å². The number of fused-ring (bicyclic) bond motifs is 1. The summed E-state index contributed by atoms with van der Waals surface area (Å²) in [5.74, 6) is -0.778. The number of nitrogens with zero attached hydrogens (tertiary/aromatic N) is 1. The lowest BCUT2D eigenvalue weighted by atomic mass is 9.92. The normalized spacial score (nSPS) is 20.7. The van der Waals surface area contributed by atoms with Crippen LogP contribution in [0.1, 0.15) is 71.1 Å². The number of nitrogens with one attached hydrogen (secondary N) is 1. The number of ketones is 2. The van der Waals surface area contributed by atoms with Gasteiger partial charge in [0.15, 0.2) is 5.78 Å². The van der Waals surface area contributed by atoms with Gasteiger partial charge in [0, 0.05) is 31.5 Å². The number of alkyl halides is 3. The van der Waals surface area contributed by atoms with E-state index >= 15 is 0 Å². The van der Waals surface area contributed by atoms with E-state index in [9.17, 15) is 32.3 Å². The molecule has 0 spiro atoms. The van der Waals surface area contributed by atoms with Gasteiger partial charge in [0.05, 0.1) is 17.9 Å². The lowest BCUT2D eigenvalue weighted by molar-refractivity contribution is -0.160. The van der Waals surface area contributed by atoms with Gasteiger partial charge in [0.2, 0.25) is 5.91 Å². The Kier molecular flexibility index (Phi) is 6.41. The molecule has 1 heterocycles. The van der Waals surface area contributed by atoms with E-state index in [1.807, 2.05) is 6.07 Å². The molecule has 0 bridgehead atoms. The molecule has 0 aromatic heterocycles. The molecule has 0 unspecified atom stereocenters. The molecule has 2 saturated carbocycles. The molecule has 2 aliphatic carbocycles. The second kappa shape index (κ2) is 9.43. The van der Waals surface area contributed by atoms with Crippen LogP contribution in [0.2, 0.25) is 0 Å². The molecule has 0 radical (unpaired) electrons. The number of Topliss-reactive ketones (excluding diaryl/α,β-unsaturated/α-hetero) is 2. The second-order valence-electron chi connectivity index (χ2n) is 10.2. The van der Waals surface area contributed by atoms with Crippen LogP contribution in [0.5, 0.6) is 0 Å². The Labute approximate surface area is 212 Å². The van der Waals surface area contributed by atoms with Crippen molar-refractivity contribution in [2.24, 2.45) is 0 Å². The summed E-state index contributed by atoms with van der Waals surface area (Å²) < 4.78 is 39.9. The third-order valence-electron chi connectivity index (χ3n) is 7.82. The van der Waals surface area contributed by atoms with E-state index in [-0.39, 0.29) is 74.1 Å². The molecule has 5 rings (SSSR count). The van der Waals surface area contributed by atoms with Crippen molar-refractivity contribution in [3.8, 4) is 0 Å². The molecule has 1 atom stereocenters. The summed E-state index contributed by atoms with van der Waals surface area (Å²) in [6, 6.07) is 11.0. The Hall–Kier alpha value is -3.49. The van der Waals surface area contributed by atoms with Crippen molar-refractivity contribution in [1.82, 2.24) is 10.2 Å². The molecular formula is C28H27F3N2O4. The molecule has 194 valence electrons. The molecule has 6 nitrogen and oxygen atoms in total. The smallest absolute Gasteiger partial charge is 0.352 e. The number of aryl methyl sites for hydroxylation is 1. The average molecular weight is 513 g/mol. The van der Waals surface area contributed by atoms with Gasteiger partial charge in [-0.1, -0.05) is 36.4 Å². The van der Waals surface area contributed by atoms with E-state index < -0.39 is 17.6 Å². The van der Waals surface area contributed by atoms with Crippen molar-refractivity contribution in [2.75, 3.05) is 0 Å². The van der Waals surface area contributed by atoms with Gasteiger partial charge in [0.25, 0.3) is 5.91 Å². The Balaban J connectivity index is 1.16. The van der Waals surface area contributed by atoms with E-state index in [0.29, 0.717) is 18.4 Å². The molecule has 2 aromatic rings. The van der Waals surface area contributed by atoms with Crippen LogP contribution in [-0.4, -0.2) is 40.5 Å². The summed E-state index contributed by atoms with van der Waals surface area (Å²) in [6.45, 7) is 0.476. The van der Waals surface area contributed by atoms with Gasteiger partial charge in [0.1, 0.15) is 5.78 Å². The van der Waals surface area contributed by atoms with Gasteiger partial charge in [-0.05, 0) is 54.0 Å². The van der Waals surface area contributed by atoms with E-state index in [2.05, 4.69) is 5.32 Å². The predicted molar refractivity (Wildman–Crippen MR) is 128 cm³/mol. The van der Waals surface area contributed by atoms with Gasteiger partial charge in [-0.15, -0.1) is 0 Å². The van der Waals surface area contributed by atoms with Crippen LogP contribution in [-0.2, 0) is 39.3 Å². The topological polar surface area (TPSA) is 83.6 Å². The van der Waals surface area contributed by atoms with Crippen molar-refractivity contribution in [1.29, 1.82) is 0 Å². The number of halogens is 3. The SMILES string of the molecule is O=C1CC[C@H](N2Cc3c(CNC(=O)CCc4ccc(C5(C(F)(F)F)CC5)cc4)cccc3C2=O)C(=O)C1. The molecular weight excluding hydrogens is 485 g/mol. The van der Waals surface area contributed by atoms with Crippen LogP contribution >= 0.6 is 0 Å². The minimum Gasteiger partial charge on any atom is -0.352 e. The molecule has 9 heteroatoms. The highest BCUT2D eigenvalue weighted by molar-refractivity contribution is 6.07. The first-order valence-electron chi connectivity index (χ1n) is 12.5. The molecule has 1 N–H and O–H groups in total. The number of rotatable bonds is 7. The third-order valence-corrected chi connectivity index (χ3v) is 7.82. The molecule has 3 aliphatic rings. The first-order chi connectivity index (χ1) is 17.6. The van der Waals surface area contributed by atoms with Crippen molar-refractivity contribution in [3.05, 3.63) is 70.3 Å². The summed E-state index contributed by atoms with van der Waals surface area (Å²) in [6.07, 6.45) is -2.98. The van der Waals surface area contributed by atoms with Crippen LogP contribution in [0.4, 0.5) is 13.2 Å². The Bertz CT molecular complexity index is 1270. The van der Waals surface area contributed by atoms with Crippen LogP contribution < -0.4 is 5.32 Å². The maximum absolute atomic E-state index is 13.3. The lowest BCUT2D eigenvalue weighted by Crippen LogP contribution is -2.44. The van der Waals surface area contributed by atoms with Gasteiger partial charge in [-0.25, -0.2) is 0 Å². The molecule has 1 aliphatic heterocycles.